The minimum Gasteiger partial charge on any atom is -0.324 e. The van der Waals surface area contributed by atoms with Gasteiger partial charge in [0.05, 0.1) is 23.4 Å². The van der Waals surface area contributed by atoms with Crippen LogP contribution in [0.15, 0.2) is 18.2 Å². The van der Waals surface area contributed by atoms with Crippen LogP contribution in [0.3, 0.4) is 0 Å². The number of nitrogens with zero attached hydrogens (tertiary/aromatic N) is 4. The van der Waals surface area contributed by atoms with Gasteiger partial charge in [-0.2, -0.15) is 18.4 Å². The number of hydrogen-bond donors (Lipinski definition) is 1. The van der Waals surface area contributed by atoms with Gasteiger partial charge in [-0.05, 0) is 42.7 Å². The number of nitriles is 1. The maximum Gasteiger partial charge on any atom is 0.453 e. The number of alkyl halides is 3. The zero-order valence-corrected chi connectivity index (χ0v) is 14.3. The molecule has 0 unspecified atom stereocenters. The van der Waals surface area contributed by atoms with E-state index in [1.807, 2.05) is 6.07 Å². The van der Waals surface area contributed by atoms with Gasteiger partial charge in [0.25, 0.3) is 5.82 Å². The molecule has 0 atom stereocenters. The molecule has 4 rings (SSSR count). The molecule has 136 valence electrons. The Morgan fingerprint density at radius 1 is 1.22 bits per heavy atom. The van der Waals surface area contributed by atoms with Crippen LogP contribution in [0.4, 0.5) is 18.9 Å². The Morgan fingerprint density at radius 2 is 1.96 bits per heavy atom. The fourth-order valence-corrected chi connectivity index (χ4v) is 3.39. The van der Waals surface area contributed by atoms with Crippen molar-refractivity contribution in [1.82, 2.24) is 14.6 Å². The number of carbonyl (C=O) groups excluding carboxylic acids is 1. The number of anilines is 1. The zero-order valence-electron chi connectivity index (χ0n) is 14.3. The van der Waals surface area contributed by atoms with Crippen molar-refractivity contribution < 1.29 is 18.0 Å². The number of nitrogens with one attached hydrogen (secondary N) is 1. The van der Waals surface area contributed by atoms with E-state index in [9.17, 15) is 23.2 Å². The van der Waals surface area contributed by atoms with Gasteiger partial charge in [0.15, 0.2) is 5.65 Å². The molecule has 9 heteroatoms. The zero-order chi connectivity index (χ0) is 19.5. The van der Waals surface area contributed by atoms with Gasteiger partial charge in [-0.1, -0.05) is 6.07 Å². The summed E-state index contributed by atoms with van der Waals surface area (Å²) in [5.41, 5.74) is 3.55. The van der Waals surface area contributed by atoms with Crippen molar-refractivity contribution in [2.24, 2.45) is 0 Å². The highest BCUT2D eigenvalue weighted by atomic mass is 19.4. The van der Waals surface area contributed by atoms with E-state index >= 15 is 0 Å². The SMILES string of the molecule is Cc1cc(C)c2nc(C(F)(F)F)nn2c1-c1cc(C#N)c2c(c1)CC(=O)N2. The van der Waals surface area contributed by atoms with Crippen molar-refractivity contribution in [1.29, 1.82) is 5.26 Å². The summed E-state index contributed by atoms with van der Waals surface area (Å²) in [6, 6.07) is 6.98. The summed E-state index contributed by atoms with van der Waals surface area (Å²) in [5, 5.41) is 15.7. The van der Waals surface area contributed by atoms with Crippen LogP contribution < -0.4 is 5.32 Å². The number of halogens is 3. The number of hydrogen-bond acceptors (Lipinski definition) is 4. The third-order valence-electron chi connectivity index (χ3n) is 4.46. The molecule has 3 aromatic rings. The average molecular weight is 371 g/mol. The van der Waals surface area contributed by atoms with E-state index in [0.29, 0.717) is 33.6 Å². The smallest absolute Gasteiger partial charge is 0.324 e. The Bertz CT molecular complexity index is 1170. The van der Waals surface area contributed by atoms with Crippen molar-refractivity contribution in [3.05, 3.63) is 46.3 Å². The van der Waals surface area contributed by atoms with Crippen molar-refractivity contribution in [2.75, 3.05) is 5.32 Å². The molecule has 27 heavy (non-hydrogen) atoms. The van der Waals surface area contributed by atoms with E-state index in [1.54, 1.807) is 26.0 Å². The Labute approximate surface area is 151 Å². The number of benzene rings is 1. The molecule has 0 saturated heterocycles. The molecule has 1 aromatic carbocycles. The molecule has 6 nitrogen and oxygen atoms in total. The van der Waals surface area contributed by atoms with Crippen LogP contribution in [0.5, 0.6) is 0 Å². The first kappa shape index (κ1) is 17.0. The molecule has 0 spiro atoms. The Balaban J connectivity index is 2.03. The van der Waals surface area contributed by atoms with Gasteiger partial charge in [-0.3, -0.25) is 4.79 Å². The molecular weight excluding hydrogens is 359 g/mol. The molecule has 1 N–H and O–H groups in total. The highest BCUT2D eigenvalue weighted by Crippen LogP contribution is 2.35. The summed E-state index contributed by atoms with van der Waals surface area (Å²) < 4.78 is 40.5. The standard InChI is InChI=1S/C18H12F3N5O/c1-8-3-9(2)16-24-17(18(19,20)21)25-26(16)15(8)11-4-10-6-13(27)23-14(10)12(5-11)7-22/h3-5H,6H2,1-2H3,(H,23,27). The highest BCUT2D eigenvalue weighted by Gasteiger charge is 2.37. The van der Waals surface area contributed by atoms with E-state index in [4.69, 9.17) is 0 Å². The first-order chi connectivity index (χ1) is 12.7. The predicted octanol–water partition coefficient (Wildman–Crippen LogP) is 3.40. The minimum absolute atomic E-state index is 0.0936. The van der Waals surface area contributed by atoms with Crippen molar-refractivity contribution >= 4 is 17.2 Å². The Hall–Kier alpha value is -3.41. The van der Waals surface area contributed by atoms with Gasteiger partial charge < -0.3 is 5.32 Å². The second-order valence-electron chi connectivity index (χ2n) is 6.42. The molecule has 1 aliphatic rings. The quantitative estimate of drug-likeness (QED) is 0.711. The lowest BCUT2D eigenvalue weighted by Gasteiger charge is -2.12. The largest absolute Gasteiger partial charge is 0.453 e. The molecule has 0 saturated carbocycles. The summed E-state index contributed by atoms with van der Waals surface area (Å²) in [4.78, 5) is 15.3. The maximum absolute atomic E-state index is 13.1. The molecule has 3 heterocycles. The summed E-state index contributed by atoms with van der Waals surface area (Å²) in [7, 11) is 0. The number of aryl methyl sites for hydroxylation is 2. The van der Waals surface area contributed by atoms with E-state index < -0.39 is 12.0 Å². The fraction of sp³-hybridized carbons (Fsp3) is 0.222. The summed E-state index contributed by atoms with van der Waals surface area (Å²) in [6.07, 6.45) is -4.56. The van der Waals surface area contributed by atoms with Gasteiger partial charge in [-0.25, -0.2) is 9.50 Å². The van der Waals surface area contributed by atoms with Gasteiger partial charge in [0.1, 0.15) is 6.07 Å². The summed E-state index contributed by atoms with van der Waals surface area (Å²) in [6.45, 7) is 3.41. The number of amides is 1. The lowest BCUT2D eigenvalue weighted by Crippen LogP contribution is -2.08. The lowest BCUT2D eigenvalue weighted by atomic mass is 9.98. The van der Waals surface area contributed by atoms with E-state index in [-0.39, 0.29) is 23.5 Å². The fourth-order valence-electron chi connectivity index (χ4n) is 3.39. The number of aromatic nitrogens is 3. The second kappa shape index (κ2) is 5.54. The Morgan fingerprint density at radius 3 is 2.63 bits per heavy atom. The van der Waals surface area contributed by atoms with E-state index in [2.05, 4.69) is 15.4 Å². The highest BCUT2D eigenvalue weighted by molar-refractivity contribution is 6.01. The molecule has 0 bridgehead atoms. The van der Waals surface area contributed by atoms with Crippen LogP contribution in [0.25, 0.3) is 16.9 Å². The van der Waals surface area contributed by atoms with Crippen LogP contribution in [0.2, 0.25) is 0 Å². The Kier molecular flexibility index (Phi) is 3.49. The van der Waals surface area contributed by atoms with Crippen LogP contribution in [-0.4, -0.2) is 20.5 Å². The van der Waals surface area contributed by atoms with Crippen LogP contribution in [-0.2, 0) is 17.4 Å². The van der Waals surface area contributed by atoms with Gasteiger partial charge in [-0.15, -0.1) is 5.10 Å². The normalized spacial score (nSPS) is 13.6. The monoisotopic (exact) mass is 371 g/mol. The third-order valence-corrected chi connectivity index (χ3v) is 4.46. The molecule has 1 amide bonds. The van der Waals surface area contributed by atoms with Crippen molar-refractivity contribution in [3.8, 4) is 17.3 Å². The maximum atomic E-state index is 13.1. The molecule has 1 aliphatic heterocycles. The molecule has 2 aromatic heterocycles. The van der Waals surface area contributed by atoms with Gasteiger partial charge in [0.2, 0.25) is 5.91 Å². The predicted molar refractivity (Wildman–Crippen MR) is 89.9 cm³/mol. The molecule has 0 radical (unpaired) electrons. The number of pyridine rings is 1. The second-order valence-corrected chi connectivity index (χ2v) is 6.42. The summed E-state index contributed by atoms with van der Waals surface area (Å²) >= 11 is 0. The number of carbonyl (C=O) groups is 1. The van der Waals surface area contributed by atoms with Gasteiger partial charge in [0, 0.05) is 5.56 Å². The first-order valence-electron chi connectivity index (χ1n) is 8.00. The number of rotatable bonds is 1. The van der Waals surface area contributed by atoms with E-state index in [1.165, 1.54) is 6.07 Å². The van der Waals surface area contributed by atoms with Crippen LogP contribution in [0, 0.1) is 25.2 Å². The average Bonchev–Trinajstić information content (AvgIpc) is 3.17. The molecule has 0 aliphatic carbocycles. The molecular formula is C18H12F3N5O. The number of fused-ring (bicyclic) bond motifs is 2. The first-order valence-corrected chi connectivity index (χ1v) is 8.00. The van der Waals surface area contributed by atoms with Crippen molar-refractivity contribution in [2.45, 2.75) is 26.4 Å². The topological polar surface area (TPSA) is 83.1 Å². The summed E-state index contributed by atoms with van der Waals surface area (Å²) in [5.74, 6) is -1.46. The van der Waals surface area contributed by atoms with Crippen molar-refractivity contribution in [3.63, 3.8) is 0 Å². The third kappa shape index (κ3) is 2.61. The van der Waals surface area contributed by atoms with Gasteiger partial charge >= 0.3 is 6.18 Å². The lowest BCUT2D eigenvalue weighted by molar-refractivity contribution is -0.144. The van der Waals surface area contributed by atoms with Crippen LogP contribution in [0.1, 0.15) is 28.1 Å². The molecule has 0 fully saturated rings. The minimum atomic E-state index is -4.67. The van der Waals surface area contributed by atoms with Crippen LogP contribution >= 0.6 is 0 Å². The van der Waals surface area contributed by atoms with E-state index in [0.717, 1.165) is 4.52 Å².